The maximum atomic E-state index is 6.21. The van der Waals surface area contributed by atoms with Crippen LogP contribution in [0.4, 0.5) is 0 Å². The first-order chi connectivity index (χ1) is 12.8. The Morgan fingerprint density at radius 2 is 1.52 bits per heavy atom. The van der Waals surface area contributed by atoms with Gasteiger partial charge in [0.1, 0.15) is 0 Å². The maximum absolute atomic E-state index is 6.21. The number of aromatic nitrogens is 1. The minimum absolute atomic E-state index is 0.252. The van der Waals surface area contributed by atoms with Crippen LogP contribution in [0.1, 0.15) is 38.8 Å². The summed E-state index contributed by atoms with van der Waals surface area (Å²) in [5.74, 6) is 0. The summed E-state index contributed by atoms with van der Waals surface area (Å²) < 4.78 is 12.4. The molecule has 1 fully saturated rings. The van der Waals surface area contributed by atoms with Gasteiger partial charge < -0.3 is 9.31 Å². The van der Waals surface area contributed by atoms with E-state index in [0.717, 1.165) is 16.8 Å². The van der Waals surface area contributed by atoms with Crippen molar-refractivity contribution >= 4 is 18.0 Å². The molecule has 2 heterocycles. The van der Waals surface area contributed by atoms with Crippen LogP contribution in [-0.2, 0) is 15.6 Å². The van der Waals surface area contributed by atoms with Gasteiger partial charge in [-0.25, -0.2) is 4.98 Å². The predicted octanol–water partition coefficient (Wildman–Crippen LogP) is 5.38. The molecule has 1 saturated heterocycles. The molecule has 4 heteroatoms. The minimum Gasteiger partial charge on any atom is -0.403 e. The lowest BCUT2D eigenvalue weighted by atomic mass is 9.78. The fraction of sp³-hybridized carbons (Fsp3) is 0.348. The van der Waals surface area contributed by atoms with E-state index in [9.17, 15) is 0 Å². The summed E-state index contributed by atoms with van der Waals surface area (Å²) in [6, 6.07) is 18.9. The molecule has 4 rings (SSSR count). The van der Waals surface area contributed by atoms with E-state index >= 15 is 0 Å². The highest BCUT2D eigenvalue weighted by Gasteiger charge is 2.50. The van der Waals surface area contributed by atoms with E-state index in [2.05, 4.69) is 83.1 Å². The second-order valence-corrected chi connectivity index (χ2v) is 8.39. The molecule has 3 nitrogen and oxygen atoms in total. The van der Waals surface area contributed by atoms with Gasteiger partial charge in [-0.2, -0.15) is 0 Å². The van der Waals surface area contributed by atoms with E-state index < -0.39 is 0 Å². The summed E-state index contributed by atoms with van der Waals surface area (Å²) in [7, 11) is -0.252. The standard InChI is InChI=1S/C23H26BNO2/c1-16-14-21(25-20-13-9-8-11-18(16)20)19-12-7-6-10-17(19)15-24-26-22(2,3)23(4,5)27-24/h6-14H,15H2,1-5H3. The van der Waals surface area contributed by atoms with Crippen LogP contribution in [0.15, 0.2) is 54.6 Å². The molecule has 138 valence electrons. The van der Waals surface area contributed by atoms with E-state index in [1.165, 1.54) is 16.5 Å². The van der Waals surface area contributed by atoms with Crippen LogP contribution in [0.3, 0.4) is 0 Å². The van der Waals surface area contributed by atoms with Gasteiger partial charge in [0.05, 0.1) is 22.4 Å². The van der Waals surface area contributed by atoms with Gasteiger partial charge in [0.15, 0.2) is 0 Å². The highest BCUT2D eigenvalue weighted by molar-refractivity contribution is 6.45. The topological polar surface area (TPSA) is 31.4 Å². The number of hydrogen-bond donors (Lipinski definition) is 0. The molecule has 0 radical (unpaired) electrons. The maximum Gasteiger partial charge on any atom is 0.462 e. The number of aryl methyl sites for hydroxylation is 1. The molecule has 2 aromatic carbocycles. The Kier molecular flexibility index (Phi) is 4.36. The van der Waals surface area contributed by atoms with Crippen molar-refractivity contribution in [1.82, 2.24) is 4.98 Å². The van der Waals surface area contributed by atoms with E-state index in [0.29, 0.717) is 6.32 Å². The Morgan fingerprint density at radius 3 is 2.26 bits per heavy atom. The average Bonchev–Trinajstić information content (AvgIpc) is 2.82. The third kappa shape index (κ3) is 3.28. The zero-order valence-corrected chi connectivity index (χ0v) is 16.7. The molecular formula is C23H26BNO2. The summed E-state index contributed by atoms with van der Waals surface area (Å²) in [5.41, 5.74) is 4.96. The van der Waals surface area contributed by atoms with Gasteiger partial charge >= 0.3 is 7.12 Å². The number of nitrogens with zero attached hydrogens (tertiary/aromatic N) is 1. The lowest BCUT2D eigenvalue weighted by Crippen LogP contribution is -2.41. The van der Waals surface area contributed by atoms with Crippen molar-refractivity contribution in [1.29, 1.82) is 0 Å². The summed E-state index contributed by atoms with van der Waals surface area (Å²) in [6.07, 6.45) is 0.705. The van der Waals surface area contributed by atoms with E-state index in [4.69, 9.17) is 14.3 Å². The van der Waals surface area contributed by atoms with Gasteiger partial charge in [-0.15, -0.1) is 0 Å². The molecule has 1 aliphatic rings. The Balaban J connectivity index is 1.71. The molecule has 0 unspecified atom stereocenters. The molecule has 0 N–H and O–H groups in total. The zero-order chi connectivity index (χ0) is 19.2. The van der Waals surface area contributed by atoms with Crippen molar-refractivity contribution < 1.29 is 9.31 Å². The normalized spacial score (nSPS) is 18.2. The molecular weight excluding hydrogens is 333 g/mol. The zero-order valence-electron chi connectivity index (χ0n) is 16.7. The summed E-state index contributed by atoms with van der Waals surface area (Å²) in [6.45, 7) is 10.5. The number of rotatable bonds is 3. The number of hydrogen-bond acceptors (Lipinski definition) is 3. The third-order valence-corrected chi connectivity index (χ3v) is 5.90. The SMILES string of the molecule is Cc1cc(-c2ccccc2CB2OC(C)(C)C(C)(C)O2)nc2ccccc12. The second kappa shape index (κ2) is 6.47. The molecule has 0 bridgehead atoms. The molecule has 27 heavy (non-hydrogen) atoms. The van der Waals surface area contributed by atoms with Crippen molar-refractivity contribution in [3.05, 3.63) is 65.7 Å². The van der Waals surface area contributed by atoms with Gasteiger partial charge in [0.25, 0.3) is 0 Å². The van der Waals surface area contributed by atoms with Crippen molar-refractivity contribution in [3.63, 3.8) is 0 Å². The fourth-order valence-electron chi connectivity index (χ4n) is 3.66. The molecule has 1 aliphatic heterocycles. The fourth-order valence-corrected chi connectivity index (χ4v) is 3.66. The Hall–Kier alpha value is -2.17. The van der Waals surface area contributed by atoms with Crippen LogP contribution in [0.25, 0.3) is 22.2 Å². The van der Waals surface area contributed by atoms with Crippen LogP contribution >= 0.6 is 0 Å². The smallest absolute Gasteiger partial charge is 0.403 e. The lowest BCUT2D eigenvalue weighted by Gasteiger charge is -2.32. The Labute approximate surface area is 161 Å². The average molecular weight is 359 g/mol. The van der Waals surface area contributed by atoms with Crippen molar-refractivity contribution in [2.75, 3.05) is 0 Å². The molecule has 0 amide bonds. The minimum atomic E-state index is -0.315. The second-order valence-electron chi connectivity index (χ2n) is 8.39. The van der Waals surface area contributed by atoms with Gasteiger partial charge in [0.2, 0.25) is 0 Å². The summed E-state index contributed by atoms with van der Waals surface area (Å²) in [5, 5.41) is 1.20. The lowest BCUT2D eigenvalue weighted by molar-refractivity contribution is 0.00578. The van der Waals surface area contributed by atoms with Gasteiger partial charge in [0, 0.05) is 17.3 Å². The first-order valence-corrected chi connectivity index (χ1v) is 9.57. The highest BCUT2D eigenvalue weighted by atomic mass is 16.7. The number of benzene rings is 2. The number of para-hydroxylation sites is 1. The molecule has 3 aromatic rings. The van der Waals surface area contributed by atoms with Crippen LogP contribution in [0.2, 0.25) is 0 Å². The summed E-state index contributed by atoms with van der Waals surface area (Å²) in [4.78, 5) is 4.92. The highest BCUT2D eigenvalue weighted by Crippen LogP contribution is 2.38. The Bertz CT molecular complexity index is 981. The number of fused-ring (bicyclic) bond motifs is 1. The van der Waals surface area contributed by atoms with E-state index in [1.807, 2.05) is 6.07 Å². The first-order valence-electron chi connectivity index (χ1n) is 9.57. The van der Waals surface area contributed by atoms with Crippen LogP contribution < -0.4 is 0 Å². The largest absolute Gasteiger partial charge is 0.462 e. The van der Waals surface area contributed by atoms with Crippen LogP contribution in [0, 0.1) is 6.92 Å². The quantitative estimate of drug-likeness (QED) is 0.588. The van der Waals surface area contributed by atoms with Crippen LogP contribution in [-0.4, -0.2) is 23.3 Å². The molecule has 1 aromatic heterocycles. The van der Waals surface area contributed by atoms with Crippen molar-refractivity contribution in [2.24, 2.45) is 0 Å². The van der Waals surface area contributed by atoms with Crippen molar-refractivity contribution in [2.45, 2.75) is 52.1 Å². The number of pyridine rings is 1. The molecule has 0 aliphatic carbocycles. The van der Waals surface area contributed by atoms with Gasteiger partial charge in [-0.05, 0) is 57.9 Å². The van der Waals surface area contributed by atoms with E-state index in [1.54, 1.807) is 0 Å². The van der Waals surface area contributed by atoms with E-state index in [-0.39, 0.29) is 18.3 Å². The third-order valence-electron chi connectivity index (χ3n) is 5.90. The molecule has 0 atom stereocenters. The van der Waals surface area contributed by atoms with Gasteiger partial charge in [-0.3, -0.25) is 0 Å². The molecule has 0 spiro atoms. The first kappa shape index (κ1) is 18.2. The molecule has 0 saturated carbocycles. The Morgan fingerprint density at radius 1 is 0.889 bits per heavy atom. The van der Waals surface area contributed by atoms with Crippen molar-refractivity contribution in [3.8, 4) is 11.3 Å². The predicted molar refractivity (Wildman–Crippen MR) is 112 cm³/mol. The van der Waals surface area contributed by atoms with Gasteiger partial charge in [-0.1, -0.05) is 42.5 Å². The van der Waals surface area contributed by atoms with Crippen LogP contribution in [0.5, 0.6) is 0 Å². The summed E-state index contributed by atoms with van der Waals surface area (Å²) >= 11 is 0. The monoisotopic (exact) mass is 359 g/mol.